The highest BCUT2D eigenvalue weighted by Crippen LogP contribution is 2.61. The van der Waals surface area contributed by atoms with Crippen molar-refractivity contribution < 1.29 is 4.79 Å². The molecule has 1 aromatic rings. The number of nitriles is 1. The number of rotatable bonds is 2. The molecule has 6 nitrogen and oxygen atoms in total. The van der Waals surface area contributed by atoms with E-state index in [2.05, 4.69) is 35.1 Å². The van der Waals surface area contributed by atoms with Gasteiger partial charge in [-0.25, -0.2) is 9.78 Å². The Bertz CT molecular complexity index is 686. The predicted molar refractivity (Wildman–Crippen MR) is 95.1 cm³/mol. The van der Waals surface area contributed by atoms with Crippen molar-refractivity contribution >= 4 is 11.8 Å². The van der Waals surface area contributed by atoms with E-state index in [1.807, 2.05) is 11.0 Å². The van der Waals surface area contributed by atoms with Crippen LogP contribution in [0.1, 0.15) is 32.3 Å². The van der Waals surface area contributed by atoms with Gasteiger partial charge in [-0.15, -0.1) is 0 Å². The van der Waals surface area contributed by atoms with Crippen molar-refractivity contribution in [3.63, 3.8) is 0 Å². The molecule has 1 aromatic heterocycles. The summed E-state index contributed by atoms with van der Waals surface area (Å²) in [5.74, 6) is 2.30. The Labute approximate surface area is 148 Å². The molecular formula is C19H25N5O. The van der Waals surface area contributed by atoms with E-state index in [-0.39, 0.29) is 12.1 Å². The van der Waals surface area contributed by atoms with Crippen LogP contribution in [0.5, 0.6) is 0 Å². The Kier molecular flexibility index (Phi) is 3.82. The van der Waals surface area contributed by atoms with Crippen LogP contribution in [-0.2, 0) is 0 Å². The van der Waals surface area contributed by atoms with Crippen molar-refractivity contribution in [2.24, 2.45) is 17.3 Å². The minimum atomic E-state index is 0.109. The number of anilines is 1. The molecule has 132 valence electrons. The first-order chi connectivity index (χ1) is 12.0. The first kappa shape index (κ1) is 16.2. The highest BCUT2D eigenvalue weighted by Gasteiger charge is 2.62. The molecule has 4 rings (SSSR count). The van der Waals surface area contributed by atoms with E-state index >= 15 is 0 Å². The lowest BCUT2D eigenvalue weighted by Gasteiger charge is -2.34. The number of nitrogens with one attached hydrogen (secondary N) is 1. The van der Waals surface area contributed by atoms with Crippen molar-refractivity contribution in [3.05, 3.63) is 23.9 Å². The molecule has 2 unspecified atom stereocenters. The second kappa shape index (κ2) is 5.91. The Morgan fingerprint density at radius 3 is 2.52 bits per heavy atom. The fourth-order valence-corrected chi connectivity index (χ4v) is 4.46. The minimum absolute atomic E-state index is 0.109. The van der Waals surface area contributed by atoms with Crippen molar-refractivity contribution in [3.8, 4) is 6.07 Å². The molecule has 2 amide bonds. The Morgan fingerprint density at radius 1 is 1.28 bits per heavy atom. The molecule has 1 N–H and O–H groups in total. The van der Waals surface area contributed by atoms with E-state index in [1.165, 1.54) is 0 Å². The van der Waals surface area contributed by atoms with Crippen LogP contribution < -0.4 is 10.2 Å². The van der Waals surface area contributed by atoms with E-state index in [4.69, 9.17) is 5.26 Å². The third-order valence-corrected chi connectivity index (χ3v) is 6.43. The summed E-state index contributed by atoms with van der Waals surface area (Å²) in [5.41, 5.74) is 1.02. The third-order valence-electron chi connectivity index (χ3n) is 6.43. The monoisotopic (exact) mass is 339 g/mol. The molecule has 3 heterocycles. The third kappa shape index (κ3) is 2.92. The molecule has 2 atom stereocenters. The Balaban J connectivity index is 1.25. The van der Waals surface area contributed by atoms with E-state index in [0.717, 1.165) is 44.8 Å². The molecule has 3 aliphatic rings. The highest BCUT2D eigenvalue weighted by molar-refractivity contribution is 5.75. The highest BCUT2D eigenvalue weighted by atomic mass is 16.2. The molecule has 2 saturated heterocycles. The SMILES string of the molecule is CC1(C)C2CN(C(=O)NC3CCN(c4ccc(C#N)cn4)CC3)CC21. The lowest BCUT2D eigenvalue weighted by molar-refractivity contribution is 0.190. The number of hydrogen-bond donors (Lipinski definition) is 1. The van der Waals surface area contributed by atoms with Gasteiger partial charge in [0.1, 0.15) is 11.9 Å². The maximum absolute atomic E-state index is 12.5. The van der Waals surface area contributed by atoms with Gasteiger partial charge < -0.3 is 15.1 Å². The first-order valence-corrected chi connectivity index (χ1v) is 9.15. The van der Waals surface area contributed by atoms with Gasteiger partial charge in [0.2, 0.25) is 0 Å². The largest absolute Gasteiger partial charge is 0.356 e. The molecule has 0 aromatic carbocycles. The number of amides is 2. The smallest absolute Gasteiger partial charge is 0.317 e. The van der Waals surface area contributed by atoms with Gasteiger partial charge in [0, 0.05) is 38.4 Å². The number of urea groups is 1. The average Bonchev–Trinajstić information content (AvgIpc) is 2.99. The molecule has 3 fully saturated rings. The van der Waals surface area contributed by atoms with Gasteiger partial charge in [-0.3, -0.25) is 0 Å². The zero-order valence-electron chi connectivity index (χ0n) is 14.9. The summed E-state index contributed by atoms with van der Waals surface area (Å²) in [5, 5.41) is 12.1. The standard InChI is InChI=1S/C19H25N5O/c1-19(2)15-11-24(12-16(15)19)18(25)22-14-5-7-23(8-6-14)17-4-3-13(9-20)10-21-17/h3-4,10,14-16H,5-8,11-12H2,1-2H3,(H,22,25). The molecule has 0 spiro atoms. The molecule has 1 saturated carbocycles. The predicted octanol–water partition coefficient (Wildman–Crippen LogP) is 2.22. The van der Waals surface area contributed by atoms with Gasteiger partial charge in [-0.1, -0.05) is 13.8 Å². The van der Waals surface area contributed by atoms with Crippen LogP contribution in [0.2, 0.25) is 0 Å². The summed E-state index contributed by atoms with van der Waals surface area (Å²) in [7, 11) is 0. The molecule has 25 heavy (non-hydrogen) atoms. The number of carbonyl (C=O) groups is 1. The van der Waals surface area contributed by atoms with Gasteiger partial charge in [-0.05, 0) is 42.2 Å². The number of aromatic nitrogens is 1. The van der Waals surface area contributed by atoms with Crippen molar-refractivity contribution in [1.82, 2.24) is 15.2 Å². The van der Waals surface area contributed by atoms with Crippen LogP contribution in [0.4, 0.5) is 10.6 Å². The Morgan fingerprint density at radius 2 is 1.96 bits per heavy atom. The summed E-state index contributed by atoms with van der Waals surface area (Å²) in [6, 6.07) is 6.14. The number of pyridine rings is 1. The lowest BCUT2D eigenvalue weighted by atomic mass is 10.0. The zero-order valence-corrected chi connectivity index (χ0v) is 14.9. The number of hydrogen-bond acceptors (Lipinski definition) is 4. The maximum Gasteiger partial charge on any atom is 0.317 e. The number of nitrogens with zero attached hydrogens (tertiary/aromatic N) is 4. The summed E-state index contributed by atoms with van der Waals surface area (Å²) >= 11 is 0. The van der Waals surface area contributed by atoms with Crippen LogP contribution >= 0.6 is 0 Å². The van der Waals surface area contributed by atoms with Crippen LogP contribution in [0.15, 0.2) is 18.3 Å². The summed E-state index contributed by atoms with van der Waals surface area (Å²) < 4.78 is 0. The zero-order chi connectivity index (χ0) is 17.6. The fourth-order valence-electron chi connectivity index (χ4n) is 4.46. The van der Waals surface area contributed by atoms with Gasteiger partial charge in [0.15, 0.2) is 0 Å². The lowest BCUT2D eigenvalue weighted by Crippen LogP contribution is -2.49. The van der Waals surface area contributed by atoms with Gasteiger partial charge in [-0.2, -0.15) is 5.26 Å². The Hall–Kier alpha value is -2.29. The molecule has 6 heteroatoms. The fraction of sp³-hybridized carbons (Fsp3) is 0.632. The van der Waals surface area contributed by atoms with Crippen molar-refractivity contribution in [1.29, 1.82) is 5.26 Å². The van der Waals surface area contributed by atoms with E-state index in [0.29, 0.717) is 22.8 Å². The molecule has 0 radical (unpaired) electrons. The van der Waals surface area contributed by atoms with E-state index in [1.54, 1.807) is 12.3 Å². The number of carbonyl (C=O) groups excluding carboxylic acids is 1. The van der Waals surface area contributed by atoms with Crippen molar-refractivity contribution in [2.45, 2.75) is 32.7 Å². The maximum atomic E-state index is 12.5. The normalized spacial score (nSPS) is 27.6. The first-order valence-electron chi connectivity index (χ1n) is 9.15. The molecular weight excluding hydrogens is 314 g/mol. The average molecular weight is 339 g/mol. The van der Waals surface area contributed by atoms with Crippen LogP contribution in [0.3, 0.4) is 0 Å². The minimum Gasteiger partial charge on any atom is -0.356 e. The van der Waals surface area contributed by atoms with Crippen LogP contribution in [-0.4, -0.2) is 48.1 Å². The summed E-state index contributed by atoms with van der Waals surface area (Å²) in [4.78, 5) is 21.0. The molecule has 0 bridgehead atoms. The number of likely N-dealkylation sites (tertiary alicyclic amines) is 1. The molecule has 2 aliphatic heterocycles. The summed E-state index contributed by atoms with van der Waals surface area (Å²) in [6.07, 6.45) is 3.47. The van der Waals surface area contributed by atoms with Crippen LogP contribution in [0.25, 0.3) is 0 Å². The van der Waals surface area contributed by atoms with E-state index < -0.39 is 0 Å². The second-order valence-electron chi connectivity index (χ2n) is 8.17. The van der Waals surface area contributed by atoms with Crippen molar-refractivity contribution in [2.75, 3.05) is 31.1 Å². The van der Waals surface area contributed by atoms with Crippen LogP contribution in [0, 0.1) is 28.6 Å². The number of piperidine rings is 2. The van der Waals surface area contributed by atoms with Gasteiger partial charge in [0.25, 0.3) is 0 Å². The van der Waals surface area contributed by atoms with Gasteiger partial charge in [0.05, 0.1) is 5.56 Å². The number of fused-ring (bicyclic) bond motifs is 1. The molecule has 1 aliphatic carbocycles. The second-order valence-corrected chi connectivity index (χ2v) is 8.17. The van der Waals surface area contributed by atoms with E-state index in [9.17, 15) is 4.79 Å². The summed E-state index contributed by atoms with van der Waals surface area (Å²) in [6.45, 7) is 8.20. The quantitative estimate of drug-likeness (QED) is 0.897. The van der Waals surface area contributed by atoms with Gasteiger partial charge >= 0.3 is 6.03 Å². The topological polar surface area (TPSA) is 72.3 Å².